The molecule has 2 atom stereocenters. The molecule has 3 aromatic rings. The highest BCUT2D eigenvalue weighted by atomic mass is 32.2. The molecule has 0 aliphatic heterocycles. The summed E-state index contributed by atoms with van der Waals surface area (Å²) in [5, 5.41) is 39.7. The van der Waals surface area contributed by atoms with Crippen molar-refractivity contribution in [3.05, 3.63) is 70.8 Å². The number of aliphatic hydroxyl groups is 1. The lowest BCUT2D eigenvalue weighted by Crippen LogP contribution is -2.34. The molecule has 0 amide bonds. The minimum atomic E-state index is -0.482. The Kier molecular flexibility index (Phi) is 7.53. The molecule has 4 rings (SSSR count). The van der Waals surface area contributed by atoms with Gasteiger partial charge in [-0.25, -0.2) is 4.98 Å². The zero-order valence-corrected chi connectivity index (χ0v) is 19.8. The van der Waals surface area contributed by atoms with Crippen LogP contribution < -0.4 is 10.5 Å². The number of benzene rings is 2. The third-order valence-corrected chi connectivity index (χ3v) is 7.04. The largest absolute Gasteiger partial charge is 0.488 e. The summed E-state index contributed by atoms with van der Waals surface area (Å²) in [5.41, 5.74) is 8.96. The van der Waals surface area contributed by atoms with Gasteiger partial charge in [-0.1, -0.05) is 36.8 Å². The van der Waals surface area contributed by atoms with Crippen molar-refractivity contribution in [2.24, 2.45) is 0 Å². The smallest absolute Gasteiger partial charge is 0.143 e. The number of aliphatic hydroxyl groups excluding tert-OH is 1. The standard InChI is InChI=1S/C27H23N5O2S/c28-13-18-5-1-2-6-19(18)16-35-27-22(15-30)25(21(14-29)26(31)32-27)17-9-11-20(12-10-17)34-24-8-4-3-7-23(24)33/h1-2,5-6,9-12,23-24,33H,3-4,7-8,16H2,(H2,31,32)/t23-,24-/m0/s1. The van der Waals surface area contributed by atoms with E-state index >= 15 is 0 Å². The molecular formula is C27H23N5O2S. The summed E-state index contributed by atoms with van der Waals surface area (Å²) in [6, 6.07) is 20.8. The number of thioether (sulfide) groups is 1. The van der Waals surface area contributed by atoms with Crippen molar-refractivity contribution in [3.63, 3.8) is 0 Å². The Morgan fingerprint density at radius 2 is 1.69 bits per heavy atom. The van der Waals surface area contributed by atoms with Crippen LogP contribution in [0.2, 0.25) is 0 Å². The van der Waals surface area contributed by atoms with Crippen molar-refractivity contribution >= 4 is 17.6 Å². The van der Waals surface area contributed by atoms with Crippen molar-refractivity contribution in [2.45, 2.75) is 48.7 Å². The van der Waals surface area contributed by atoms with Crippen LogP contribution >= 0.6 is 11.8 Å². The molecule has 3 N–H and O–H groups in total. The lowest BCUT2D eigenvalue weighted by Gasteiger charge is -2.28. The maximum Gasteiger partial charge on any atom is 0.143 e. The molecule has 0 saturated heterocycles. The number of anilines is 1. The van der Waals surface area contributed by atoms with Crippen LogP contribution in [0.3, 0.4) is 0 Å². The molecule has 1 saturated carbocycles. The number of ether oxygens (including phenoxy) is 1. The topological polar surface area (TPSA) is 140 Å². The van der Waals surface area contributed by atoms with Crippen molar-refractivity contribution in [1.82, 2.24) is 4.98 Å². The normalized spacial score (nSPS) is 17.1. The first-order chi connectivity index (χ1) is 17.0. The Hall–Kier alpha value is -4.03. The van der Waals surface area contributed by atoms with Gasteiger partial charge in [-0.15, -0.1) is 11.8 Å². The first kappa shape index (κ1) is 24.1. The van der Waals surface area contributed by atoms with Crippen LogP contribution in [0.25, 0.3) is 11.1 Å². The number of pyridine rings is 1. The maximum absolute atomic E-state index is 10.2. The molecule has 7 nitrogen and oxygen atoms in total. The second-order valence-corrected chi connectivity index (χ2v) is 9.20. The Bertz CT molecular complexity index is 1350. The summed E-state index contributed by atoms with van der Waals surface area (Å²) in [5.74, 6) is 1.08. The van der Waals surface area contributed by atoms with Gasteiger partial charge in [-0.05, 0) is 48.6 Å². The van der Waals surface area contributed by atoms with E-state index in [-0.39, 0.29) is 23.0 Å². The van der Waals surface area contributed by atoms with Crippen molar-refractivity contribution in [3.8, 4) is 35.1 Å². The molecule has 1 aliphatic rings. The van der Waals surface area contributed by atoms with Crippen LogP contribution in [0.1, 0.15) is 47.9 Å². The second-order valence-electron chi connectivity index (χ2n) is 8.24. The van der Waals surface area contributed by atoms with Gasteiger partial charge in [0.1, 0.15) is 40.4 Å². The van der Waals surface area contributed by atoms with Gasteiger partial charge >= 0.3 is 0 Å². The minimum absolute atomic E-state index is 0.0447. The SMILES string of the molecule is N#Cc1ccccc1CSc1nc(N)c(C#N)c(-c2ccc(O[C@H]3CCCC[C@@H]3O)cc2)c1C#N. The molecule has 35 heavy (non-hydrogen) atoms. The van der Waals surface area contributed by atoms with Gasteiger partial charge in [0, 0.05) is 11.3 Å². The first-order valence-electron chi connectivity index (χ1n) is 11.2. The summed E-state index contributed by atoms with van der Waals surface area (Å²) in [4.78, 5) is 4.34. The molecule has 1 aliphatic carbocycles. The Labute approximate surface area is 208 Å². The molecule has 8 heteroatoms. The van der Waals surface area contributed by atoms with Crippen LogP contribution in [0.5, 0.6) is 5.75 Å². The minimum Gasteiger partial charge on any atom is -0.488 e. The van der Waals surface area contributed by atoms with Crippen LogP contribution in [-0.4, -0.2) is 22.3 Å². The lowest BCUT2D eigenvalue weighted by atomic mass is 9.94. The summed E-state index contributed by atoms with van der Waals surface area (Å²) in [7, 11) is 0. The Morgan fingerprint density at radius 1 is 0.971 bits per heavy atom. The Balaban J connectivity index is 1.66. The lowest BCUT2D eigenvalue weighted by molar-refractivity contribution is 0.00688. The fraction of sp³-hybridized carbons (Fsp3) is 0.259. The van der Waals surface area contributed by atoms with Crippen LogP contribution in [0.4, 0.5) is 5.82 Å². The van der Waals surface area contributed by atoms with E-state index in [2.05, 4.69) is 23.2 Å². The summed E-state index contributed by atoms with van der Waals surface area (Å²) in [6.45, 7) is 0. The summed E-state index contributed by atoms with van der Waals surface area (Å²) in [6.07, 6.45) is 2.83. The highest BCUT2D eigenvalue weighted by Gasteiger charge is 2.25. The quantitative estimate of drug-likeness (QED) is 0.473. The average Bonchev–Trinajstić information content (AvgIpc) is 2.89. The number of hydrogen-bond acceptors (Lipinski definition) is 8. The van der Waals surface area contributed by atoms with Crippen LogP contribution in [-0.2, 0) is 5.75 Å². The molecule has 2 aromatic carbocycles. The summed E-state index contributed by atoms with van der Waals surface area (Å²) < 4.78 is 5.98. The van der Waals surface area contributed by atoms with Gasteiger partial charge in [0.2, 0.25) is 0 Å². The molecule has 0 spiro atoms. The molecule has 0 bridgehead atoms. The fourth-order valence-electron chi connectivity index (χ4n) is 4.18. The van der Waals surface area contributed by atoms with E-state index in [0.29, 0.717) is 33.2 Å². The molecule has 0 unspecified atom stereocenters. The number of nitrogens with two attached hydrogens (primary N) is 1. The van der Waals surface area contributed by atoms with Gasteiger partial charge < -0.3 is 15.6 Å². The number of aromatic nitrogens is 1. The molecule has 1 fully saturated rings. The number of nitriles is 3. The van der Waals surface area contributed by atoms with Crippen molar-refractivity contribution in [2.75, 3.05) is 5.73 Å². The van der Waals surface area contributed by atoms with Gasteiger partial charge in [0.05, 0.1) is 23.3 Å². The van der Waals surface area contributed by atoms with E-state index in [4.69, 9.17) is 10.5 Å². The van der Waals surface area contributed by atoms with Gasteiger partial charge in [0.25, 0.3) is 0 Å². The third-order valence-electron chi connectivity index (χ3n) is 6.02. The second kappa shape index (κ2) is 10.9. The molecule has 0 radical (unpaired) electrons. The van der Waals surface area contributed by atoms with E-state index in [9.17, 15) is 20.9 Å². The summed E-state index contributed by atoms with van der Waals surface area (Å²) >= 11 is 1.30. The van der Waals surface area contributed by atoms with Gasteiger partial charge in [-0.3, -0.25) is 0 Å². The van der Waals surface area contributed by atoms with Crippen LogP contribution in [0, 0.1) is 34.0 Å². The predicted molar refractivity (Wildman–Crippen MR) is 133 cm³/mol. The van der Waals surface area contributed by atoms with E-state index in [1.165, 1.54) is 11.8 Å². The average molecular weight is 482 g/mol. The van der Waals surface area contributed by atoms with Crippen molar-refractivity contribution < 1.29 is 9.84 Å². The molecule has 1 aromatic heterocycles. The zero-order valence-electron chi connectivity index (χ0n) is 18.9. The van der Waals surface area contributed by atoms with Crippen LogP contribution in [0.15, 0.2) is 53.6 Å². The number of nitrogen functional groups attached to an aromatic ring is 1. The number of rotatable bonds is 6. The van der Waals surface area contributed by atoms with E-state index in [1.807, 2.05) is 12.1 Å². The van der Waals surface area contributed by atoms with Gasteiger partial charge in [-0.2, -0.15) is 15.8 Å². The monoisotopic (exact) mass is 481 g/mol. The predicted octanol–water partition coefficient (Wildman–Crippen LogP) is 4.92. The molecular weight excluding hydrogens is 458 g/mol. The van der Waals surface area contributed by atoms with Gasteiger partial charge in [0.15, 0.2) is 0 Å². The van der Waals surface area contributed by atoms with E-state index in [0.717, 1.165) is 31.2 Å². The number of nitrogens with zero attached hydrogens (tertiary/aromatic N) is 4. The highest BCUT2D eigenvalue weighted by molar-refractivity contribution is 7.98. The molecule has 174 valence electrons. The zero-order chi connectivity index (χ0) is 24.8. The maximum atomic E-state index is 10.2. The first-order valence-corrected chi connectivity index (χ1v) is 12.2. The van der Waals surface area contributed by atoms with E-state index in [1.54, 1.807) is 36.4 Å². The number of hydrogen-bond donors (Lipinski definition) is 2. The fourth-order valence-corrected chi connectivity index (χ4v) is 5.18. The third kappa shape index (κ3) is 5.23. The van der Waals surface area contributed by atoms with E-state index < -0.39 is 6.10 Å². The molecule has 1 heterocycles. The Morgan fingerprint density at radius 3 is 2.37 bits per heavy atom. The highest BCUT2D eigenvalue weighted by Crippen LogP contribution is 2.37. The van der Waals surface area contributed by atoms with Crippen molar-refractivity contribution in [1.29, 1.82) is 15.8 Å².